The summed E-state index contributed by atoms with van der Waals surface area (Å²) < 4.78 is 5.30. The Hall–Kier alpha value is -1.33. The van der Waals surface area contributed by atoms with Gasteiger partial charge in [-0.1, -0.05) is 0 Å². The van der Waals surface area contributed by atoms with E-state index in [9.17, 15) is 4.79 Å². The largest absolute Gasteiger partial charge is 0.480 e. The van der Waals surface area contributed by atoms with E-state index in [4.69, 9.17) is 9.52 Å². The molecule has 0 saturated heterocycles. The maximum absolute atomic E-state index is 10.9. The first-order chi connectivity index (χ1) is 8.49. The van der Waals surface area contributed by atoms with Gasteiger partial charge in [0.25, 0.3) is 0 Å². The zero-order valence-corrected chi connectivity index (χ0v) is 11.3. The van der Waals surface area contributed by atoms with Crippen molar-refractivity contribution in [1.29, 1.82) is 0 Å². The highest BCUT2D eigenvalue weighted by Crippen LogP contribution is 2.09. The van der Waals surface area contributed by atoms with Gasteiger partial charge in [0.05, 0.1) is 12.8 Å². The van der Waals surface area contributed by atoms with Crippen LogP contribution >= 0.6 is 0 Å². The molecule has 0 aliphatic heterocycles. The predicted octanol–water partition coefficient (Wildman–Crippen LogP) is 1.16. The first-order valence-corrected chi connectivity index (χ1v) is 6.12. The zero-order chi connectivity index (χ0) is 13.5. The summed E-state index contributed by atoms with van der Waals surface area (Å²) in [5, 5.41) is 8.95. The molecule has 5 nitrogen and oxygen atoms in total. The molecule has 0 aliphatic rings. The van der Waals surface area contributed by atoms with Gasteiger partial charge >= 0.3 is 5.97 Å². The van der Waals surface area contributed by atoms with E-state index in [1.165, 1.54) is 0 Å². The van der Waals surface area contributed by atoms with Crippen LogP contribution in [0.15, 0.2) is 22.8 Å². The van der Waals surface area contributed by atoms with Gasteiger partial charge in [-0.25, -0.2) is 0 Å². The van der Waals surface area contributed by atoms with E-state index in [1.807, 2.05) is 38.1 Å². The van der Waals surface area contributed by atoms with Gasteiger partial charge in [-0.2, -0.15) is 0 Å². The summed E-state index contributed by atoms with van der Waals surface area (Å²) in [6.45, 7) is 3.67. The van der Waals surface area contributed by atoms with Crippen molar-refractivity contribution in [3.8, 4) is 0 Å². The summed E-state index contributed by atoms with van der Waals surface area (Å²) in [6, 6.07) is 3.91. The molecule has 18 heavy (non-hydrogen) atoms. The number of rotatable bonds is 8. The Morgan fingerprint density at radius 1 is 1.44 bits per heavy atom. The Morgan fingerprint density at radius 2 is 2.17 bits per heavy atom. The van der Waals surface area contributed by atoms with Crippen molar-refractivity contribution in [3.63, 3.8) is 0 Å². The van der Waals surface area contributed by atoms with Crippen LogP contribution in [0.5, 0.6) is 0 Å². The van der Waals surface area contributed by atoms with E-state index in [0.29, 0.717) is 0 Å². The van der Waals surface area contributed by atoms with Gasteiger partial charge in [0.2, 0.25) is 0 Å². The molecule has 1 rings (SSSR count). The lowest BCUT2D eigenvalue weighted by molar-refractivity contribution is -0.138. The van der Waals surface area contributed by atoms with Gasteiger partial charge in [0.1, 0.15) is 5.76 Å². The molecule has 1 heterocycles. The first-order valence-electron chi connectivity index (χ1n) is 6.12. The minimum Gasteiger partial charge on any atom is -0.480 e. The molecule has 0 aromatic carbocycles. The molecule has 5 heteroatoms. The Balaban J connectivity index is 2.54. The minimum atomic E-state index is -0.792. The van der Waals surface area contributed by atoms with Crippen LogP contribution in [0.1, 0.15) is 12.7 Å². The molecule has 0 saturated carbocycles. The van der Waals surface area contributed by atoms with E-state index < -0.39 is 5.97 Å². The molecule has 1 atom stereocenters. The zero-order valence-electron chi connectivity index (χ0n) is 11.3. The maximum atomic E-state index is 10.9. The molecule has 0 fully saturated rings. The second-order valence-corrected chi connectivity index (χ2v) is 4.80. The number of furan rings is 1. The molecule has 0 amide bonds. The quantitative estimate of drug-likeness (QED) is 0.754. The summed E-state index contributed by atoms with van der Waals surface area (Å²) in [7, 11) is 3.96. The summed E-state index contributed by atoms with van der Waals surface area (Å²) in [5.41, 5.74) is 0. The Morgan fingerprint density at radius 3 is 2.67 bits per heavy atom. The Labute approximate surface area is 108 Å². The minimum absolute atomic E-state index is 0.0652. The van der Waals surface area contributed by atoms with Gasteiger partial charge < -0.3 is 14.4 Å². The molecule has 0 radical (unpaired) electrons. The van der Waals surface area contributed by atoms with Crippen molar-refractivity contribution < 1.29 is 14.3 Å². The average molecular weight is 254 g/mol. The van der Waals surface area contributed by atoms with Crippen LogP contribution in [0.4, 0.5) is 0 Å². The molecule has 102 valence electrons. The smallest absolute Gasteiger partial charge is 0.317 e. The van der Waals surface area contributed by atoms with Crippen LogP contribution in [0.3, 0.4) is 0 Å². The second kappa shape index (κ2) is 7.18. The normalized spacial score (nSPS) is 13.2. The molecule has 1 aromatic heterocycles. The fraction of sp³-hybridized carbons (Fsp3) is 0.615. The summed E-state index contributed by atoms with van der Waals surface area (Å²) in [6.07, 6.45) is 2.37. The highest BCUT2D eigenvalue weighted by atomic mass is 16.4. The van der Waals surface area contributed by atoms with Crippen molar-refractivity contribution >= 4 is 5.97 Å². The lowest BCUT2D eigenvalue weighted by atomic mass is 10.1. The third kappa shape index (κ3) is 5.33. The van der Waals surface area contributed by atoms with Crippen molar-refractivity contribution in [2.45, 2.75) is 19.4 Å². The first kappa shape index (κ1) is 14.7. The SMILES string of the molecule is CC(Cc1ccco1)N(CCN(C)C)CC(=O)O. The van der Waals surface area contributed by atoms with Gasteiger partial charge in [-0.05, 0) is 33.2 Å². The van der Waals surface area contributed by atoms with Crippen molar-refractivity contribution in [3.05, 3.63) is 24.2 Å². The lowest BCUT2D eigenvalue weighted by Gasteiger charge is -2.28. The van der Waals surface area contributed by atoms with Crippen LogP contribution < -0.4 is 0 Å². The van der Waals surface area contributed by atoms with Crippen LogP contribution in [-0.4, -0.2) is 60.6 Å². The number of carboxylic acid groups (broad SMARTS) is 1. The molecular weight excluding hydrogens is 232 g/mol. The number of hydrogen-bond acceptors (Lipinski definition) is 4. The van der Waals surface area contributed by atoms with E-state index in [1.54, 1.807) is 6.26 Å². The maximum Gasteiger partial charge on any atom is 0.317 e. The highest BCUT2D eigenvalue weighted by molar-refractivity contribution is 5.69. The number of hydrogen-bond donors (Lipinski definition) is 1. The van der Waals surface area contributed by atoms with E-state index >= 15 is 0 Å². The topological polar surface area (TPSA) is 56.9 Å². The number of aliphatic carboxylic acids is 1. The van der Waals surface area contributed by atoms with Gasteiger partial charge in [0.15, 0.2) is 0 Å². The molecular formula is C13H22N2O3. The average Bonchev–Trinajstić information content (AvgIpc) is 2.76. The number of likely N-dealkylation sites (N-methyl/N-ethyl adjacent to an activating group) is 1. The fourth-order valence-corrected chi connectivity index (χ4v) is 1.81. The third-order valence-electron chi connectivity index (χ3n) is 2.87. The summed E-state index contributed by atoms with van der Waals surface area (Å²) in [5.74, 6) is 0.0998. The van der Waals surface area contributed by atoms with Crippen LogP contribution in [0.2, 0.25) is 0 Å². The van der Waals surface area contributed by atoms with Crippen LogP contribution in [0, 0.1) is 0 Å². The van der Waals surface area contributed by atoms with Crippen molar-refractivity contribution in [2.24, 2.45) is 0 Å². The van der Waals surface area contributed by atoms with Crippen LogP contribution in [-0.2, 0) is 11.2 Å². The predicted molar refractivity (Wildman–Crippen MR) is 69.6 cm³/mol. The Bertz CT molecular complexity index is 349. The number of nitrogens with zero attached hydrogens (tertiary/aromatic N) is 2. The molecule has 0 aliphatic carbocycles. The molecule has 1 N–H and O–H groups in total. The van der Waals surface area contributed by atoms with Gasteiger partial charge in [0, 0.05) is 25.6 Å². The lowest BCUT2D eigenvalue weighted by Crippen LogP contribution is -2.42. The molecule has 1 aromatic rings. The number of carbonyl (C=O) groups is 1. The van der Waals surface area contributed by atoms with Crippen molar-refractivity contribution in [1.82, 2.24) is 9.80 Å². The van der Waals surface area contributed by atoms with E-state index in [0.717, 1.165) is 25.3 Å². The van der Waals surface area contributed by atoms with Gasteiger partial charge in [-0.15, -0.1) is 0 Å². The molecule has 0 spiro atoms. The number of carboxylic acids is 1. The second-order valence-electron chi connectivity index (χ2n) is 4.80. The van der Waals surface area contributed by atoms with E-state index in [2.05, 4.69) is 4.90 Å². The third-order valence-corrected chi connectivity index (χ3v) is 2.87. The van der Waals surface area contributed by atoms with Crippen LogP contribution in [0.25, 0.3) is 0 Å². The standard InChI is InChI=1S/C13H22N2O3/c1-11(9-12-5-4-8-18-12)15(10-13(16)17)7-6-14(2)3/h4-5,8,11H,6-7,9-10H2,1-3H3,(H,16,17). The Kier molecular flexibility index (Phi) is 5.88. The van der Waals surface area contributed by atoms with Gasteiger partial charge in [-0.3, -0.25) is 9.69 Å². The van der Waals surface area contributed by atoms with Crippen molar-refractivity contribution in [2.75, 3.05) is 33.7 Å². The molecule has 1 unspecified atom stereocenters. The fourth-order valence-electron chi connectivity index (χ4n) is 1.81. The summed E-state index contributed by atoms with van der Waals surface area (Å²) in [4.78, 5) is 14.9. The highest BCUT2D eigenvalue weighted by Gasteiger charge is 2.18. The monoisotopic (exact) mass is 254 g/mol. The molecule has 0 bridgehead atoms. The summed E-state index contributed by atoms with van der Waals surface area (Å²) >= 11 is 0. The van der Waals surface area contributed by atoms with E-state index in [-0.39, 0.29) is 12.6 Å².